The molecule has 5 nitrogen and oxygen atoms in total. The second-order valence-electron chi connectivity index (χ2n) is 6.46. The van der Waals surface area contributed by atoms with E-state index in [4.69, 9.17) is 0 Å². The van der Waals surface area contributed by atoms with Crippen molar-refractivity contribution in [1.82, 2.24) is 20.7 Å². The Balaban J connectivity index is 1.52. The Hall–Kier alpha value is -2.69. The van der Waals surface area contributed by atoms with E-state index in [-0.39, 0.29) is 11.9 Å². The predicted octanol–water partition coefficient (Wildman–Crippen LogP) is 3.33. The van der Waals surface area contributed by atoms with Gasteiger partial charge in [-0.25, -0.2) is 0 Å². The van der Waals surface area contributed by atoms with Crippen LogP contribution < -0.4 is 5.32 Å². The maximum atomic E-state index is 12.5. The number of fused-ring (bicyclic) bond motifs is 2. The van der Waals surface area contributed by atoms with Gasteiger partial charge in [-0.15, -0.1) is 0 Å². The third-order valence-electron chi connectivity index (χ3n) is 4.80. The number of hydrogen-bond donors (Lipinski definition) is 2. The van der Waals surface area contributed by atoms with E-state index in [1.165, 1.54) is 30.4 Å². The summed E-state index contributed by atoms with van der Waals surface area (Å²) in [7, 11) is 0. The molecule has 0 fully saturated rings. The number of aromatic amines is 1. The van der Waals surface area contributed by atoms with Crippen LogP contribution in [0.5, 0.6) is 0 Å². The lowest BCUT2D eigenvalue weighted by atomic mass is 9.89. The molecular formula is C19H20N4O. The van der Waals surface area contributed by atoms with Gasteiger partial charge in [-0.3, -0.25) is 4.79 Å². The monoisotopic (exact) mass is 320 g/mol. The van der Waals surface area contributed by atoms with E-state index in [1.54, 1.807) is 18.2 Å². The quantitative estimate of drug-likeness (QED) is 0.777. The normalized spacial score (nSPS) is 15.0. The number of aromatic nitrogens is 3. The first-order chi connectivity index (χ1) is 11.7. The number of hydrogen-bond acceptors (Lipinski definition) is 3. The summed E-state index contributed by atoms with van der Waals surface area (Å²) in [4.78, 5) is 12.5. The van der Waals surface area contributed by atoms with Crippen LogP contribution in [-0.4, -0.2) is 21.3 Å². The summed E-state index contributed by atoms with van der Waals surface area (Å²) < 4.78 is 0. The third-order valence-corrected chi connectivity index (χ3v) is 4.80. The zero-order valence-corrected chi connectivity index (χ0v) is 13.7. The summed E-state index contributed by atoms with van der Waals surface area (Å²) in [6.45, 7) is 2.02. The van der Waals surface area contributed by atoms with Crippen LogP contribution in [0.25, 0.3) is 11.0 Å². The molecule has 0 saturated carbocycles. The average molecular weight is 320 g/mol. The predicted molar refractivity (Wildman–Crippen MR) is 92.9 cm³/mol. The van der Waals surface area contributed by atoms with Gasteiger partial charge in [0, 0.05) is 5.56 Å². The molecule has 122 valence electrons. The van der Waals surface area contributed by atoms with E-state index < -0.39 is 0 Å². The second kappa shape index (κ2) is 6.07. The minimum Gasteiger partial charge on any atom is -0.346 e. The molecule has 0 unspecified atom stereocenters. The third kappa shape index (κ3) is 2.77. The van der Waals surface area contributed by atoms with Crippen LogP contribution in [0.15, 0.2) is 36.4 Å². The van der Waals surface area contributed by atoms with E-state index >= 15 is 0 Å². The molecule has 1 heterocycles. The Bertz CT molecular complexity index is 899. The molecule has 4 rings (SSSR count). The van der Waals surface area contributed by atoms with E-state index in [1.807, 2.05) is 6.92 Å². The van der Waals surface area contributed by atoms with E-state index in [9.17, 15) is 4.79 Å². The van der Waals surface area contributed by atoms with Crippen molar-refractivity contribution in [2.75, 3.05) is 0 Å². The molecule has 0 radical (unpaired) electrons. The Labute approximate surface area is 140 Å². The number of H-pyrrole nitrogens is 1. The number of nitrogens with zero attached hydrogens (tertiary/aromatic N) is 2. The molecule has 2 N–H and O–H groups in total. The summed E-state index contributed by atoms with van der Waals surface area (Å²) in [5.41, 5.74) is 6.11. The van der Waals surface area contributed by atoms with Crippen molar-refractivity contribution in [1.29, 1.82) is 0 Å². The molecular weight excluding hydrogens is 300 g/mol. The molecule has 1 aromatic heterocycles. The Morgan fingerprint density at radius 1 is 1.04 bits per heavy atom. The Morgan fingerprint density at radius 2 is 1.83 bits per heavy atom. The van der Waals surface area contributed by atoms with Gasteiger partial charge in [0.25, 0.3) is 5.91 Å². The van der Waals surface area contributed by atoms with Gasteiger partial charge in [-0.1, -0.05) is 18.2 Å². The highest BCUT2D eigenvalue weighted by Gasteiger charge is 2.15. The summed E-state index contributed by atoms with van der Waals surface area (Å²) in [6, 6.07) is 11.9. The zero-order valence-electron chi connectivity index (χ0n) is 13.7. The van der Waals surface area contributed by atoms with Crippen molar-refractivity contribution in [3.05, 3.63) is 58.7 Å². The van der Waals surface area contributed by atoms with E-state index in [0.29, 0.717) is 11.1 Å². The van der Waals surface area contributed by atoms with E-state index in [0.717, 1.165) is 17.5 Å². The van der Waals surface area contributed by atoms with Crippen LogP contribution in [0.2, 0.25) is 0 Å². The average Bonchev–Trinajstić information content (AvgIpc) is 3.08. The van der Waals surface area contributed by atoms with Crippen molar-refractivity contribution in [2.45, 2.75) is 38.6 Å². The first-order valence-electron chi connectivity index (χ1n) is 8.44. The number of benzene rings is 2. The lowest BCUT2D eigenvalue weighted by Gasteiger charge is -2.20. The molecule has 2 aromatic carbocycles. The first kappa shape index (κ1) is 14.9. The van der Waals surface area contributed by atoms with Gasteiger partial charge in [0.15, 0.2) is 0 Å². The highest BCUT2D eigenvalue weighted by Crippen LogP contribution is 2.25. The van der Waals surface area contributed by atoms with Crippen molar-refractivity contribution in [3.63, 3.8) is 0 Å². The molecule has 0 bridgehead atoms. The van der Waals surface area contributed by atoms with Crippen molar-refractivity contribution >= 4 is 16.9 Å². The fourth-order valence-electron chi connectivity index (χ4n) is 3.37. The lowest BCUT2D eigenvalue weighted by molar-refractivity contribution is 0.0940. The van der Waals surface area contributed by atoms with Gasteiger partial charge in [-0.05, 0) is 67.5 Å². The smallest absolute Gasteiger partial charge is 0.251 e. The van der Waals surface area contributed by atoms with Crippen LogP contribution in [0.4, 0.5) is 0 Å². The number of carbonyl (C=O) groups excluding carboxylic acids is 1. The number of nitrogens with one attached hydrogen (secondary N) is 2. The second-order valence-corrected chi connectivity index (χ2v) is 6.46. The highest BCUT2D eigenvalue weighted by molar-refractivity contribution is 5.97. The topological polar surface area (TPSA) is 70.7 Å². The van der Waals surface area contributed by atoms with Crippen LogP contribution in [0, 0.1) is 0 Å². The summed E-state index contributed by atoms with van der Waals surface area (Å²) in [5, 5.41) is 13.7. The summed E-state index contributed by atoms with van der Waals surface area (Å²) in [5.74, 6) is -0.0925. The summed E-state index contributed by atoms with van der Waals surface area (Å²) >= 11 is 0. The maximum absolute atomic E-state index is 12.5. The van der Waals surface area contributed by atoms with Gasteiger partial charge < -0.3 is 5.32 Å². The Kier molecular flexibility index (Phi) is 3.76. The van der Waals surface area contributed by atoms with Gasteiger partial charge in [0.2, 0.25) is 0 Å². The molecule has 1 aliphatic carbocycles. The fourth-order valence-corrected chi connectivity index (χ4v) is 3.37. The van der Waals surface area contributed by atoms with Gasteiger partial charge in [0.1, 0.15) is 11.0 Å². The largest absolute Gasteiger partial charge is 0.346 e. The van der Waals surface area contributed by atoms with Crippen molar-refractivity contribution in [2.24, 2.45) is 0 Å². The highest BCUT2D eigenvalue weighted by atomic mass is 16.1. The Morgan fingerprint density at radius 3 is 2.71 bits per heavy atom. The van der Waals surface area contributed by atoms with Crippen molar-refractivity contribution < 1.29 is 4.79 Å². The van der Waals surface area contributed by atoms with Crippen molar-refractivity contribution in [3.8, 4) is 0 Å². The summed E-state index contributed by atoms with van der Waals surface area (Å²) in [6.07, 6.45) is 4.86. The molecule has 0 saturated heterocycles. The SMILES string of the molecule is C[C@@H](NC(=O)c1ccc2n[nH]nc2c1)c1ccc2c(c1)CCCC2. The zero-order chi connectivity index (χ0) is 16.5. The van der Waals surface area contributed by atoms with E-state index in [2.05, 4.69) is 38.9 Å². The standard InChI is InChI=1S/C19H20N4O/c1-12(14-7-6-13-4-2-3-5-15(13)10-14)20-19(24)16-8-9-17-18(11-16)22-23-21-17/h6-12H,2-5H2,1H3,(H,20,24)(H,21,22,23)/t12-/m1/s1. The number of amides is 1. The molecule has 1 aliphatic rings. The first-order valence-corrected chi connectivity index (χ1v) is 8.44. The molecule has 1 atom stereocenters. The number of rotatable bonds is 3. The van der Waals surface area contributed by atoms with Crippen LogP contribution in [0.1, 0.15) is 52.9 Å². The fraction of sp³-hybridized carbons (Fsp3) is 0.316. The lowest BCUT2D eigenvalue weighted by Crippen LogP contribution is -2.26. The van der Waals surface area contributed by atoms with Crippen LogP contribution in [-0.2, 0) is 12.8 Å². The minimum atomic E-state index is -0.0925. The molecule has 1 amide bonds. The molecule has 5 heteroatoms. The van der Waals surface area contributed by atoms with Crippen LogP contribution >= 0.6 is 0 Å². The molecule has 0 spiro atoms. The number of aryl methyl sites for hydroxylation is 2. The molecule has 24 heavy (non-hydrogen) atoms. The minimum absolute atomic E-state index is 0.0299. The molecule has 0 aliphatic heterocycles. The van der Waals surface area contributed by atoms with Gasteiger partial charge in [-0.2, -0.15) is 15.4 Å². The van der Waals surface area contributed by atoms with Gasteiger partial charge >= 0.3 is 0 Å². The number of carbonyl (C=O) groups is 1. The molecule has 3 aromatic rings. The van der Waals surface area contributed by atoms with Gasteiger partial charge in [0.05, 0.1) is 6.04 Å². The maximum Gasteiger partial charge on any atom is 0.251 e. The van der Waals surface area contributed by atoms with Crippen LogP contribution in [0.3, 0.4) is 0 Å².